The highest BCUT2D eigenvalue weighted by Gasteiger charge is 2.23. The van der Waals surface area contributed by atoms with Gasteiger partial charge in [-0.1, -0.05) is 0 Å². The Hall–Kier alpha value is -1.60. The SMILES string of the molecule is CN(C)[C@@H]1CCC[C@@H](Nc2cc(C#N)ccn2)C1. The van der Waals surface area contributed by atoms with Crippen LogP contribution in [0, 0.1) is 11.3 Å². The molecule has 2 rings (SSSR count). The van der Waals surface area contributed by atoms with Crippen molar-refractivity contribution in [2.45, 2.75) is 37.8 Å². The third-order valence-corrected chi connectivity index (χ3v) is 3.62. The molecule has 0 aliphatic heterocycles. The molecule has 0 unspecified atom stereocenters. The Labute approximate surface area is 109 Å². The summed E-state index contributed by atoms with van der Waals surface area (Å²) in [5.41, 5.74) is 0.660. The Morgan fingerprint density at radius 2 is 2.28 bits per heavy atom. The minimum atomic E-state index is 0.465. The molecule has 1 heterocycles. The fraction of sp³-hybridized carbons (Fsp3) is 0.571. The van der Waals surface area contributed by atoms with Crippen molar-refractivity contribution in [1.82, 2.24) is 9.88 Å². The molecule has 0 bridgehead atoms. The van der Waals surface area contributed by atoms with Gasteiger partial charge < -0.3 is 10.2 Å². The zero-order valence-corrected chi connectivity index (χ0v) is 11.1. The van der Waals surface area contributed by atoms with Crippen LogP contribution in [-0.2, 0) is 0 Å². The number of nitrogens with zero attached hydrogens (tertiary/aromatic N) is 3. The molecule has 1 saturated carbocycles. The van der Waals surface area contributed by atoms with E-state index in [1.807, 2.05) is 6.07 Å². The summed E-state index contributed by atoms with van der Waals surface area (Å²) in [7, 11) is 4.28. The maximum atomic E-state index is 8.87. The smallest absolute Gasteiger partial charge is 0.127 e. The van der Waals surface area contributed by atoms with E-state index in [9.17, 15) is 0 Å². The van der Waals surface area contributed by atoms with Gasteiger partial charge >= 0.3 is 0 Å². The lowest BCUT2D eigenvalue weighted by molar-refractivity contribution is 0.219. The molecule has 1 aromatic rings. The third kappa shape index (κ3) is 3.21. The highest BCUT2D eigenvalue weighted by Crippen LogP contribution is 2.24. The van der Waals surface area contributed by atoms with Crippen LogP contribution in [0.1, 0.15) is 31.2 Å². The van der Waals surface area contributed by atoms with Crippen LogP contribution in [0.4, 0.5) is 5.82 Å². The lowest BCUT2D eigenvalue weighted by Gasteiger charge is -2.34. The number of pyridine rings is 1. The predicted molar refractivity (Wildman–Crippen MR) is 72.3 cm³/mol. The molecule has 0 amide bonds. The van der Waals surface area contributed by atoms with Gasteiger partial charge in [-0.2, -0.15) is 5.26 Å². The van der Waals surface area contributed by atoms with Gasteiger partial charge in [0.1, 0.15) is 5.82 Å². The molecule has 18 heavy (non-hydrogen) atoms. The van der Waals surface area contributed by atoms with Crippen molar-refractivity contribution in [1.29, 1.82) is 5.26 Å². The summed E-state index contributed by atoms with van der Waals surface area (Å²) in [5.74, 6) is 0.818. The van der Waals surface area contributed by atoms with E-state index in [2.05, 4.69) is 35.4 Å². The lowest BCUT2D eigenvalue weighted by atomic mass is 9.90. The van der Waals surface area contributed by atoms with Gasteiger partial charge in [0.15, 0.2) is 0 Å². The molecule has 1 N–H and O–H groups in total. The second-order valence-electron chi connectivity index (χ2n) is 5.17. The van der Waals surface area contributed by atoms with E-state index in [0.717, 1.165) is 12.2 Å². The van der Waals surface area contributed by atoms with Crippen molar-refractivity contribution in [3.05, 3.63) is 23.9 Å². The molecule has 1 fully saturated rings. The van der Waals surface area contributed by atoms with Crippen molar-refractivity contribution >= 4 is 5.82 Å². The summed E-state index contributed by atoms with van der Waals surface area (Å²) in [6, 6.07) is 6.81. The number of rotatable bonds is 3. The van der Waals surface area contributed by atoms with Crippen molar-refractivity contribution in [2.24, 2.45) is 0 Å². The Bertz CT molecular complexity index is 436. The van der Waals surface area contributed by atoms with Gasteiger partial charge in [0.05, 0.1) is 11.6 Å². The van der Waals surface area contributed by atoms with E-state index in [-0.39, 0.29) is 0 Å². The summed E-state index contributed by atoms with van der Waals surface area (Å²) in [6.07, 6.45) is 6.54. The fourth-order valence-corrected chi connectivity index (χ4v) is 2.55. The molecule has 0 aromatic carbocycles. The predicted octanol–water partition coefficient (Wildman–Crippen LogP) is 2.24. The number of anilines is 1. The van der Waals surface area contributed by atoms with Crippen LogP contribution in [-0.4, -0.2) is 36.1 Å². The quantitative estimate of drug-likeness (QED) is 0.886. The first-order valence-corrected chi connectivity index (χ1v) is 6.48. The van der Waals surface area contributed by atoms with Gasteiger partial charge in [-0.15, -0.1) is 0 Å². The van der Waals surface area contributed by atoms with E-state index >= 15 is 0 Å². The molecular formula is C14H20N4. The van der Waals surface area contributed by atoms with Crippen LogP contribution in [0.5, 0.6) is 0 Å². The van der Waals surface area contributed by atoms with E-state index in [1.165, 1.54) is 19.3 Å². The van der Waals surface area contributed by atoms with Crippen molar-refractivity contribution in [3.63, 3.8) is 0 Å². The molecule has 2 atom stereocenters. The monoisotopic (exact) mass is 244 g/mol. The molecule has 4 nitrogen and oxygen atoms in total. The molecule has 0 radical (unpaired) electrons. The maximum absolute atomic E-state index is 8.87. The Balaban J connectivity index is 1.98. The summed E-state index contributed by atoms with van der Waals surface area (Å²) in [5, 5.41) is 12.3. The van der Waals surface area contributed by atoms with Crippen LogP contribution in [0.15, 0.2) is 18.3 Å². The molecule has 1 aromatic heterocycles. The first-order chi connectivity index (χ1) is 8.69. The van der Waals surface area contributed by atoms with Crippen LogP contribution >= 0.6 is 0 Å². The maximum Gasteiger partial charge on any atom is 0.127 e. The Kier molecular flexibility index (Phi) is 4.16. The number of nitrogens with one attached hydrogen (secondary N) is 1. The molecule has 0 spiro atoms. The zero-order valence-electron chi connectivity index (χ0n) is 11.1. The topological polar surface area (TPSA) is 52.0 Å². The van der Waals surface area contributed by atoms with E-state index in [1.54, 1.807) is 12.3 Å². The Morgan fingerprint density at radius 1 is 1.44 bits per heavy atom. The van der Waals surface area contributed by atoms with Gasteiger partial charge in [0.25, 0.3) is 0 Å². The lowest BCUT2D eigenvalue weighted by Crippen LogP contribution is -2.38. The largest absolute Gasteiger partial charge is 0.367 e. The van der Waals surface area contributed by atoms with Gasteiger partial charge in [0, 0.05) is 18.3 Å². The van der Waals surface area contributed by atoms with Crippen LogP contribution in [0.25, 0.3) is 0 Å². The van der Waals surface area contributed by atoms with Crippen LogP contribution in [0.3, 0.4) is 0 Å². The summed E-state index contributed by atoms with van der Waals surface area (Å²) in [4.78, 5) is 6.57. The fourth-order valence-electron chi connectivity index (χ4n) is 2.55. The number of hydrogen-bond donors (Lipinski definition) is 1. The third-order valence-electron chi connectivity index (χ3n) is 3.62. The molecule has 0 saturated heterocycles. The number of nitriles is 1. The summed E-state index contributed by atoms with van der Waals surface area (Å²) < 4.78 is 0. The Morgan fingerprint density at radius 3 is 3.00 bits per heavy atom. The van der Waals surface area contributed by atoms with Gasteiger partial charge in [-0.3, -0.25) is 0 Å². The van der Waals surface area contributed by atoms with E-state index in [0.29, 0.717) is 17.6 Å². The molecule has 96 valence electrons. The van der Waals surface area contributed by atoms with Crippen molar-refractivity contribution in [2.75, 3.05) is 19.4 Å². The zero-order chi connectivity index (χ0) is 13.0. The van der Waals surface area contributed by atoms with Crippen LogP contribution < -0.4 is 5.32 Å². The first kappa shape index (κ1) is 12.8. The van der Waals surface area contributed by atoms with Gasteiger partial charge in [-0.05, 0) is 51.9 Å². The van der Waals surface area contributed by atoms with E-state index < -0.39 is 0 Å². The van der Waals surface area contributed by atoms with Gasteiger partial charge in [-0.25, -0.2) is 4.98 Å². The minimum Gasteiger partial charge on any atom is -0.367 e. The average molecular weight is 244 g/mol. The second kappa shape index (κ2) is 5.83. The average Bonchev–Trinajstić information content (AvgIpc) is 2.39. The molecule has 1 aliphatic carbocycles. The normalized spacial score (nSPS) is 23.7. The minimum absolute atomic E-state index is 0.465. The molecule has 4 heteroatoms. The summed E-state index contributed by atoms with van der Waals surface area (Å²) in [6.45, 7) is 0. The number of aromatic nitrogens is 1. The summed E-state index contributed by atoms with van der Waals surface area (Å²) >= 11 is 0. The highest BCUT2D eigenvalue weighted by atomic mass is 15.1. The van der Waals surface area contributed by atoms with Crippen LogP contribution in [0.2, 0.25) is 0 Å². The van der Waals surface area contributed by atoms with E-state index in [4.69, 9.17) is 5.26 Å². The van der Waals surface area contributed by atoms with Crippen molar-refractivity contribution in [3.8, 4) is 6.07 Å². The highest BCUT2D eigenvalue weighted by molar-refractivity contribution is 5.43. The molecular weight excluding hydrogens is 224 g/mol. The molecule has 1 aliphatic rings. The number of hydrogen-bond acceptors (Lipinski definition) is 4. The standard InChI is InChI=1S/C14H20N4/c1-18(2)13-5-3-4-12(9-13)17-14-8-11(10-15)6-7-16-14/h6-8,12-13H,3-5,9H2,1-2H3,(H,16,17)/t12-,13-/m1/s1. The second-order valence-corrected chi connectivity index (χ2v) is 5.17. The van der Waals surface area contributed by atoms with Gasteiger partial charge in [0.2, 0.25) is 0 Å². The first-order valence-electron chi connectivity index (χ1n) is 6.48. The van der Waals surface area contributed by atoms with Crippen molar-refractivity contribution < 1.29 is 0 Å².